The van der Waals surface area contributed by atoms with Crippen LogP contribution in [-0.2, 0) is 6.42 Å². The zero-order valence-corrected chi connectivity index (χ0v) is 18.3. The van der Waals surface area contributed by atoms with Crippen LogP contribution in [-0.4, -0.2) is 36.3 Å². The Morgan fingerprint density at radius 1 is 1.00 bits per heavy atom. The first kappa shape index (κ1) is 20.2. The van der Waals surface area contributed by atoms with Gasteiger partial charge in [-0.05, 0) is 36.2 Å². The number of nitrogens with one attached hydrogen (secondary N) is 1. The predicted molar refractivity (Wildman–Crippen MR) is 127 cm³/mol. The number of para-hydroxylation sites is 2. The molecule has 0 unspecified atom stereocenters. The summed E-state index contributed by atoms with van der Waals surface area (Å²) in [5, 5.41) is 10.5. The van der Waals surface area contributed by atoms with E-state index < -0.39 is 0 Å². The molecule has 0 spiro atoms. The fourth-order valence-electron chi connectivity index (χ4n) is 3.81. The van der Waals surface area contributed by atoms with Crippen LogP contribution in [0.4, 0.5) is 0 Å². The zero-order chi connectivity index (χ0) is 21.9. The minimum Gasteiger partial charge on any atom is -0.360 e. The molecule has 0 aliphatic carbocycles. The van der Waals surface area contributed by atoms with Crippen LogP contribution >= 0.6 is 11.8 Å². The van der Waals surface area contributed by atoms with Crippen LogP contribution in [0.3, 0.4) is 0 Å². The summed E-state index contributed by atoms with van der Waals surface area (Å²) in [6.45, 7) is 2.11. The molecule has 0 radical (unpaired) electrons. The Labute approximate surface area is 189 Å². The van der Waals surface area contributed by atoms with Gasteiger partial charge >= 0.3 is 0 Å². The number of rotatable bonds is 7. The predicted octanol–water partition coefficient (Wildman–Crippen LogP) is 5.35. The number of aromatic amines is 1. The molecule has 0 saturated heterocycles. The van der Waals surface area contributed by atoms with Gasteiger partial charge in [0.2, 0.25) is 0 Å². The topological polar surface area (TPSA) is 76.5 Å². The largest absolute Gasteiger partial charge is 0.360 e. The Morgan fingerprint density at radius 3 is 2.59 bits per heavy atom. The Bertz CT molecular complexity index is 1380. The lowest BCUT2D eigenvalue weighted by molar-refractivity contribution is 0.102. The highest BCUT2D eigenvalue weighted by Crippen LogP contribution is 2.29. The molecule has 3 aromatic heterocycles. The SMILES string of the molecule is CCc1cccc2c(C(=O)CSc3nnc(-c4ccncc4)n3-c3ccccc3)c[nH]c12. The van der Waals surface area contributed by atoms with E-state index in [4.69, 9.17) is 0 Å². The van der Waals surface area contributed by atoms with Crippen LogP contribution < -0.4 is 0 Å². The zero-order valence-electron chi connectivity index (χ0n) is 17.5. The first-order valence-corrected chi connectivity index (χ1v) is 11.4. The molecule has 0 saturated carbocycles. The van der Waals surface area contributed by atoms with Crippen LogP contribution in [0.25, 0.3) is 28.0 Å². The second-order valence-electron chi connectivity index (χ2n) is 7.32. The van der Waals surface area contributed by atoms with E-state index in [1.54, 1.807) is 12.4 Å². The maximum Gasteiger partial charge on any atom is 0.196 e. The summed E-state index contributed by atoms with van der Waals surface area (Å²) in [4.78, 5) is 20.5. The molecule has 5 rings (SSSR count). The second kappa shape index (κ2) is 8.80. The van der Waals surface area contributed by atoms with Gasteiger partial charge in [0.1, 0.15) is 0 Å². The normalized spacial score (nSPS) is 11.2. The number of benzene rings is 2. The number of carbonyl (C=O) groups excluding carboxylic acids is 1. The van der Waals surface area contributed by atoms with Crippen molar-refractivity contribution in [2.45, 2.75) is 18.5 Å². The van der Waals surface area contributed by atoms with Crippen molar-refractivity contribution in [1.29, 1.82) is 0 Å². The summed E-state index contributed by atoms with van der Waals surface area (Å²) in [7, 11) is 0. The van der Waals surface area contributed by atoms with Gasteiger partial charge in [-0.3, -0.25) is 14.3 Å². The number of fused-ring (bicyclic) bond motifs is 1. The number of hydrogen-bond donors (Lipinski definition) is 1. The third-order valence-corrected chi connectivity index (χ3v) is 6.33. The number of aromatic nitrogens is 5. The number of Topliss-reactive ketones (excluding diaryl/α,β-unsaturated/α-hetero) is 1. The van der Waals surface area contributed by atoms with Crippen molar-refractivity contribution in [2.24, 2.45) is 0 Å². The van der Waals surface area contributed by atoms with Crippen molar-refractivity contribution >= 4 is 28.4 Å². The fourth-order valence-corrected chi connectivity index (χ4v) is 4.65. The van der Waals surface area contributed by atoms with Gasteiger partial charge < -0.3 is 4.98 Å². The van der Waals surface area contributed by atoms with Crippen LogP contribution in [0, 0.1) is 0 Å². The highest BCUT2D eigenvalue weighted by atomic mass is 32.2. The number of pyridine rings is 1. The third kappa shape index (κ3) is 3.71. The molecule has 6 nitrogen and oxygen atoms in total. The summed E-state index contributed by atoms with van der Waals surface area (Å²) < 4.78 is 1.98. The molecule has 1 N–H and O–H groups in total. The lowest BCUT2D eigenvalue weighted by Gasteiger charge is -2.10. The Balaban J connectivity index is 1.46. The molecule has 0 atom stereocenters. The summed E-state index contributed by atoms with van der Waals surface area (Å²) in [5.74, 6) is 1.04. The van der Waals surface area contributed by atoms with Crippen LogP contribution in [0.1, 0.15) is 22.8 Å². The van der Waals surface area contributed by atoms with Crippen LogP contribution in [0.5, 0.6) is 0 Å². The number of nitrogens with zero attached hydrogens (tertiary/aromatic N) is 4. The van der Waals surface area contributed by atoms with E-state index in [-0.39, 0.29) is 11.5 Å². The van der Waals surface area contributed by atoms with Crippen molar-refractivity contribution in [2.75, 3.05) is 5.75 Å². The van der Waals surface area contributed by atoms with Gasteiger partial charge in [-0.15, -0.1) is 10.2 Å². The minimum atomic E-state index is 0.0579. The smallest absolute Gasteiger partial charge is 0.196 e. The van der Waals surface area contributed by atoms with Gasteiger partial charge in [0.15, 0.2) is 16.8 Å². The van der Waals surface area contributed by atoms with Gasteiger partial charge in [-0.2, -0.15) is 0 Å². The number of ketones is 1. The van der Waals surface area contributed by atoms with Crippen LogP contribution in [0.15, 0.2) is 84.4 Å². The number of carbonyl (C=O) groups is 1. The summed E-state index contributed by atoms with van der Waals surface area (Å²) >= 11 is 1.39. The minimum absolute atomic E-state index is 0.0579. The summed E-state index contributed by atoms with van der Waals surface area (Å²) in [6.07, 6.45) is 6.20. The Morgan fingerprint density at radius 2 is 1.81 bits per heavy atom. The summed E-state index contributed by atoms with van der Waals surface area (Å²) in [5.41, 5.74) is 4.82. The van der Waals surface area contributed by atoms with Gasteiger partial charge in [-0.25, -0.2) is 0 Å². The van der Waals surface area contributed by atoms with Crippen molar-refractivity contribution in [3.8, 4) is 17.1 Å². The Hall–Kier alpha value is -3.71. The maximum atomic E-state index is 13.1. The number of H-pyrrole nitrogens is 1. The first-order chi connectivity index (χ1) is 15.8. The van der Waals surface area contributed by atoms with Crippen molar-refractivity contribution in [3.05, 3.63) is 90.4 Å². The van der Waals surface area contributed by atoms with Crippen LogP contribution in [0.2, 0.25) is 0 Å². The molecule has 3 heterocycles. The molecule has 0 aliphatic heterocycles. The van der Waals surface area contributed by atoms with E-state index >= 15 is 0 Å². The van der Waals surface area contributed by atoms with E-state index in [1.165, 1.54) is 17.3 Å². The molecule has 5 aromatic rings. The number of thioether (sulfide) groups is 1. The van der Waals surface area contributed by atoms with Gasteiger partial charge in [0, 0.05) is 46.3 Å². The monoisotopic (exact) mass is 439 g/mol. The van der Waals surface area contributed by atoms with Gasteiger partial charge in [0.05, 0.1) is 5.75 Å². The average molecular weight is 440 g/mol. The van der Waals surface area contributed by atoms with E-state index in [2.05, 4.69) is 33.2 Å². The Kier molecular flexibility index (Phi) is 5.56. The van der Waals surface area contributed by atoms with Crippen molar-refractivity contribution in [3.63, 3.8) is 0 Å². The molecule has 0 aliphatic rings. The maximum absolute atomic E-state index is 13.1. The summed E-state index contributed by atoms with van der Waals surface area (Å²) in [6, 6.07) is 19.8. The standard InChI is InChI=1S/C25H21N5OS/c1-2-17-7-6-10-20-21(15-27-23(17)20)22(31)16-32-25-29-28-24(18-11-13-26-14-12-18)30(25)19-8-4-3-5-9-19/h3-15,27H,2,16H2,1H3. The average Bonchev–Trinajstić information content (AvgIpc) is 3.48. The van der Waals surface area contributed by atoms with Crippen molar-refractivity contribution < 1.29 is 4.79 Å². The van der Waals surface area contributed by atoms with Crippen molar-refractivity contribution in [1.82, 2.24) is 24.7 Å². The highest BCUT2D eigenvalue weighted by Gasteiger charge is 2.19. The molecule has 7 heteroatoms. The first-order valence-electron chi connectivity index (χ1n) is 10.4. The van der Waals surface area contributed by atoms with E-state index in [9.17, 15) is 4.79 Å². The number of aryl methyl sites for hydroxylation is 1. The highest BCUT2D eigenvalue weighted by molar-refractivity contribution is 7.99. The molecule has 0 amide bonds. The molecular formula is C25H21N5OS. The fraction of sp³-hybridized carbons (Fsp3) is 0.120. The van der Waals surface area contributed by atoms with Gasteiger partial charge in [-0.1, -0.05) is 55.1 Å². The lowest BCUT2D eigenvalue weighted by Crippen LogP contribution is -2.04. The number of hydrogen-bond acceptors (Lipinski definition) is 5. The van der Waals surface area contributed by atoms with E-state index in [1.807, 2.05) is 65.4 Å². The molecule has 0 bridgehead atoms. The molecular weight excluding hydrogens is 418 g/mol. The molecule has 2 aromatic carbocycles. The molecule has 158 valence electrons. The quantitative estimate of drug-likeness (QED) is 0.273. The van der Waals surface area contributed by atoms with Gasteiger partial charge in [0.25, 0.3) is 0 Å². The molecule has 0 fully saturated rings. The van der Waals surface area contributed by atoms with E-state index in [0.717, 1.165) is 28.6 Å². The second-order valence-corrected chi connectivity index (χ2v) is 8.26. The molecule has 32 heavy (non-hydrogen) atoms. The lowest BCUT2D eigenvalue weighted by atomic mass is 10.1. The van der Waals surface area contributed by atoms with E-state index in [0.29, 0.717) is 16.5 Å². The third-order valence-electron chi connectivity index (χ3n) is 5.40.